The molecule has 1 rings (SSSR count). The molecule has 0 aromatic heterocycles. The zero-order valence-electron chi connectivity index (χ0n) is 10.2. The summed E-state index contributed by atoms with van der Waals surface area (Å²) < 4.78 is 5.08. The largest absolute Gasteiger partial charge is 0.504 e. The Balaban J connectivity index is 2.89. The maximum absolute atomic E-state index is 9.97. The Morgan fingerprint density at radius 1 is 1.41 bits per heavy atom. The van der Waals surface area contributed by atoms with Crippen LogP contribution in [0.1, 0.15) is 6.42 Å². The first-order valence-electron chi connectivity index (χ1n) is 5.53. The maximum atomic E-state index is 9.97. The highest BCUT2D eigenvalue weighted by Gasteiger charge is 2.13. The number of aliphatic hydroxyl groups is 1. The fourth-order valence-corrected chi connectivity index (χ4v) is 1.64. The van der Waals surface area contributed by atoms with Crippen molar-refractivity contribution in [2.75, 3.05) is 20.2 Å². The second-order valence-electron chi connectivity index (χ2n) is 3.71. The molecular formula is C14H19NO2. The van der Waals surface area contributed by atoms with Crippen molar-refractivity contribution in [3.8, 4) is 0 Å². The molecule has 17 heavy (non-hydrogen) atoms. The van der Waals surface area contributed by atoms with Crippen LogP contribution in [-0.4, -0.2) is 30.2 Å². The highest BCUT2D eigenvalue weighted by Crippen LogP contribution is 2.23. The van der Waals surface area contributed by atoms with Crippen LogP contribution in [0, 0.1) is 0 Å². The van der Waals surface area contributed by atoms with Gasteiger partial charge in [0.2, 0.25) is 0 Å². The molecule has 0 saturated heterocycles. The normalized spacial score (nSPS) is 17.1. The molecule has 0 aliphatic heterocycles. The molecule has 0 atom stereocenters. The molecule has 0 saturated carbocycles. The Morgan fingerprint density at radius 2 is 2.06 bits per heavy atom. The molecule has 3 heteroatoms. The van der Waals surface area contributed by atoms with E-state index >= 15 is 0 Å². The molecule has 0 bridgehead atoms. The van der Waals surface area contributed by atoms with Gasteiger partial charge in [0.25, 0.3) is 0 Å². The second-order valence-corrected chi connectivity index (χ2v) is 3.71. The molecule has 0 aromatic carbocycles. The molecule has 1 aliphatic rings. The lowest BCUT2D eigenvalue weighted by Crippen LogP contribution is -2.18. The molecule has 3 nitrogen and oxygen atoms in total. The van der Waals surface area contributed by atoms with Crippen LogP contribution < -0.4 is 0 Å². The van der Waals surface area contributed by atoms with Crippen LogP contribution in [0.3, 0.4) is 0 Å². The van der Waals surface area contributed by atoms with Gasteiger partial charge in [-0.1, -0.05) is 18.2 Å². The molecule has 0 fully saturated rings. The van der Waals surface area contributed by atoms with Gasteiger partial charge in [-0.15, -0.1) is 13.2 Å². The number of hydrogen-bond acceptors (Lipinski definition) is 3. The molecule has 0 amide bonds. The first-order chi connectivity index (χ1) is 8.22. The smallest absolute Gasteiger partial charge is 0.162 e. The molecule has 92 valence electrons. The first kappa shape index (κ1) is 13.2. The molecule has 1 aliphatic carbocycles. The van der Waals surface area contributed by atoms with Gasteiger partial charge in [0, 0.05) is 24.9 Å². The molecule has 0 spiro atoms. The van der Waals surface area contributed by atoms with Crippen molar-refractivity contribution in [3.63, 3.8) is 0 Å². The van der Waals surface area contributed by atoms with Crippen molar-refractivity contribution < 1.29 is 9.84 Å². The van der Waals surface area contributed by atoms with Gasteiger partial charge in [0.05, 0.1) is 7.11 Å². The topological polar surface area (TPSA) is 32.7 Å². The minimum absolute atomic E-state index is 0.202. The molecule has 0 radical (unpaired) electrons. The van der Waals surface area contributed by atoms with Crippen LogP contribution >= 0.6 is 0 Å². The minimum Gasteiger partial charge on any atom is -0.504 e. The summed E-state index contributed by atoms with van der Waals surface area (Å²) in [5.74, 6) is 0.702. The van der Waals surface area contributed by atoms with Crippen LogP contribution in [-0.2, 0) is 4.74 Å². The van der Waals surface area contributed by atoms with Gasteiger partial charge in [-0.05, 0) is 12.5 Å². The standard InChI is InChI=1S/C14H19NO2/c1-4-9-15(10-5-2)11-12-7-6-8-13(17-3)14(12)16/h4-6,8,11,16H,1-2,7,9-10H2,3H3. The summed E-state index contributed by atoms with van der Waals surface area (Å²) in [4.78, 5) is 2.03. The van der Waals surface area contributed by atoms with E-state index in [4.69, 9.17) is 4.74 Å². The lowest BCUT2D eigenvalue weighted by Gasteiger charge is -2.20. The van der Waals surface area contributed by atoms with Crippen molar-refractivity contribution in [3.05, 3.63) is 60.8 Å². The van der Waals surface area contributed by atoms with Gasteiger partial charge in [-0.3, -0.25) is 0 Å². The number of methoxy groups -OCH3 is 1. The SMILES string of the molecule is C=CCN(C=C1CC=CC(OC)=C1O)CC=C. The Morgan fingerprint density at radius 3 is 2.59 bits per heavy atom. The Bertz CT molecular complexity index is 368. The highest BCUT2D eigenvalue weighted by atomic mass is 16.5. The van der Waals surface area contributed by atoms with E-state index in [-0.39, 0.29) is 5.76 Å². The maximum Gasteiger partial charge on any atom is 0.162 e. The fourth-order valence-electron chi connectivity index (χ4n) is 1.64. The summed E-state index contributed by atoms with van der Waals surface area (Å²) in [7, 11) is 1.55. The fraction of sp³-hybridized carbons (Fsp3) is 0.286. The van der Waals surface area contributed by atoms with Crippen molar-refractivity contribution in [2.24, 2.45) is 0 Å². The Hall–Kier alpha value is -1.90. The number of aliphatic hydroxyl groups excluding tert-OH is 1. The lowest BCUT2D eigenvalue weighted by atomic mass is 10.1. The van der Waals surface area contributed by atoms with Crippen molar-refractivity contribution >= 4 is 0 Å². The van der Waals surface area contributed by atoms with E-state index in [1.165, 1.54) is 0 Å². The van der Waals surface area contributed by atoms with E-state index in [1.807, 2.05) is 29.3 Å². The third-order valence-corrected chi connectivity index (χ3v) is 2.43. The molecule has 0 unspecified atom stereocenters. The summed E-state index contributed by atoms with van der Waals surface area (Å²) in [6.07, 6.45) is 9.99. The molecule has 0 heterocycles. The number of ether oxygens (including phenoxy) is 1. The number of nitrogens with zero attached hydrogens (tertiary/aromatic N) is 1. The predicted molar refractivity (Wildman–Crippen MR) is 70.5 cm³/mol. The summed E-state index contributed by atoms with van der Waals surface area (Å²) in [5, 5.41) is 9.97. The zero-order valence-corrected chi connectivity index (χ0v) is 10.2. The summed E-state index contributed by atoms with van der Waals surface area (Å²) >= 11 is 0. The Kier molecular flexibility index (Phi) is 5.14. The van der Waals surface area contributed by atoms with Crippen LogP contribution in [0.4, 0.5) is 0 Å². The third-order valence-electron chi connectivity index (χ3n) is 2.43. The van der Waals surface area contributed by atoms with Crippen LogP contribution in [0.2, 0.25) is 0 Å². The lowest BCUT2D eigenvalue weighted by molar-refractivity contribution is 0.269. The van der Waals surface area contributed by atoms with E-state index in [9.17, 15) is 5.11 Å². The highest BCUT2D eigenvalue weighted by molar-refractivity contribution is 5.38. The summed E-state index contributed by atoms with van der Waals surface area (Å²) in [6, 6.07) is 0. The second kappa shape index (κ2) is 6.63. The van der Waals surface area contributed by atoms with Crippen molar-refractivity contribution in [1.82, 2.24) is 4.90 Å². The van der Waals surface area contributed by atoms with E-state index in [0.717, 1.165) is 18.7 Å². The summed E-state index contributed by atoms with van der Waals surface area (Å²) in [6.45, 7) is 8.85. The number of hydrogen-bond donors (Lipinski definition) is 1. The zero-order chi connectivity index (χ0) is 12.7. The van der Waals surface area contributed by atoms with Crippen LogP contribution in [0.25, 0.3) is 0 Å². The van der Waals surface area contributed by atoms with E-state index in [1.54, 1.807) is 13.2 Å². The van der Waals surface area contributed by atoms with Gasteiger partial charge in [0.15, 0.2) is 11.5 Å². The number of allylic oxidation sites excluding steroid dienone is 3. The van der Waals surface area contributed by atoms with Gasteiger partial charge >= 0.3 is 0 Å². The van der Waals surface area contributed by atoms with Crippen LogP contribution in [0.5, 0.6) is 0 Å². The van der Waals surface area contributed by atoms with Crippen molar-refractivity contribution in [2.45, 2.75) is 6.42 Å². The van der Waals surface area contributed by atoms with Gasteiger partial charge < -0.3 is 14.7 Å². The average Bonchev–Trinajstić information content (AvgIpc) is 2.32. The predicted octanol–water partition coefficient (Wildman–Crippen LogP) is 2.92. The quantitative estimate of drug-likeness (QED) is 0.716. The molecule has 1 N–H and O–H groups in total. The molecular weight excluding hydrogens is 214 g/mol. The van der Waals surface area contributed by atoms with E-state index < -0.39 is 0 Å². The third kappa shape index (κ3) is 3.55. The van der Waals surface area contributed by atoms with E-state index in [2.05, 4.69) is 13.2 Å². The van der Waals surface area contributed by atoms with Gasteiger partial charge in [-0.25, -0.2) is 0 Å². The Labute approximate surface area is 103 Å². The summed E-state index contributed by atoms with van der Waals surface area (Å²) in [5.41, 5.74) is 0.841. The van der Waals surface area contributed by atoms with E-state index in [0.29, 0.717) is 12.2 Å². The minimum atomic E-state index is 0.202. The van der Waals surface area contributed by atoms with Gasteiger partial charge in [-0.2, -0.15) is 0 Å². The monoisotopic (exact) mass is 233 g/mol. The van der Waals surface area contributed by atoms with Gasteiger partial charge in [0.1, 0.15) is 0 Å². The first-order valence-corrected chi connectivity index (χ1v) is 5.53. The average molecular weight is 233 g/mol. The molecule has 0 aromatic rings. The van der Waals surface area contributed by atoms with Crippen LogP contribution in [0.15, 0.2) is 60.8 Å². The van der Waals surface area contributed by atoms with Crippen molar-refractivity contribution in [1.29, 1.82) is 0 Å². The number of rotatable bonds is 6.